The molecule has 0 aliphatic rings. The zero-order valence-electron chi connectivity index (χ0n) is 9.48. The van der Waals surface area contributed by atoms with Crippen LogP contribution in [0.25, 0.3) is 10.6 Å². The van der Waals surface area contributed by atoms with Crippen molar-refractivity contribution in [2.24, 2.45) is 0 Å². The molecule has 0 saturated heterocycles. The number of nitrogens with one attached hydrogen (secondary N) is 3. The summed E-state index contributed by atoms with van der Waals surface area (Å²) in [6.45, 7) is 0. The molecule has 3 N–H and O–H groups in total. The highest BCUT2D eigenvalue weighted by Gasteiger charge is 2.11. The second kappa shape index (κ2) is 4.98. The molecule has 3 heterocycles. The van der Waals surface area contributed by atoms with Crippen molar-refractivity contribution < 1.29 is 4.79 Å². The topological polar surface area (TPSA) is 86.5 Å². The first kappa shape index (κ1) is 12.1. The monoisotopic (exact) mass is 337 g/mol. The number of carbonyl (C=O) groups excluding carboxylic acids is 1. The van der Waals surface area contributed by atoms with Gasteiger partial charge in [-0.3, -0.25) is 15.0 Å². The summed E-state index contributed by atoms with van der Waals surface area (Å²) in [5.41, 5.74) is 1.25. The van der Waals surface area contributed by atoms with Crippen LogP contribution in [-0.2, 0) is 0 Å². The molecule has 0 saturated carbocycles. The molecule has 3 aromatic rings. The molecule has 1 amide bonds. The van der Waals surface area contributed by atoms with Gasteiger partial charge < -0.3 is 5.32 Å². The van der Waals surface area contributed by atoms with Crippen molar-refractivity contribution in [2.75, 3.05) is 5.32 Å². The molecule has 0 aliphatic heterocycles. The molecule has 0 aromatic carbocycles. The Balaban J connectivity index is 1.77. The van der Waals surface area contributed by atoms with Crippen LogP contribution in [0.15, 0.2) is 34.2 Å². The molecule has 0 fully saturated rings. The van der Waals surface area contributed by atoms with Crippen molar-refractivity contribution >= 4 is 39.0 Å². The fraction of sp³-hybridized carbons (Fsp3) is 0. The second-order valence-corrected chi connectivity index (χ2v) is 6.16. The molecule has 0 aliphatic carbocycles. The van der Waals surface area contributed by atoms with E-state index >= 15 is 0 Å². The lowest BCUT2D eigenvalue weighted by atomic mass is 10.3. The number of hydrogen-bond acceptors (Lipinski definition) is 4. The van der Waals surface area contributed by atoms with Crippen molar-refractivity contribution in [1.29, 1.82) is 0 Å². The normalized spacial score (nSPS) is 10.6. The average Bonchev–Trinajstić information content (AvgIpc) is 3.07. The fourth-order valence-electron chi connectivity index (χ4n) is 1.54. The zero-order chi connectivity index (χ0) is 13.2. The van der Waals surface area contributed by atoms with Gasteiger partial charge in [-0.25, -0.2) is 0 Å². The van der Waals surface area contributed by atoms with Gasteiger partial charge in [0, 0.05) is 12.3 Å². The number of carbonyl (C=O) groups is 1. The van der Waals surface area contributed by atoms with E-state index in [1.54, 1.807) is 23.5 Å². The minimum atomic E-state index is -0.275. The van der Waals surface area contributed by atoms with E-state index in [9.17, 15) is 4.79 Å². The summed E-state index contributed by atoms with van der Waals surface area (Å²) in [6.07, 6.45) is 1.52. The van der Waals surface area contributed by atoms with Crippen LogP contribution in [0.3, 0.4) is 0 Å². The highest BCUT2D eigenvalue weighted by molar-refractivity contribution is 9.11. The SMILES string of the molecule is O=C(Nc1cc(-c2ccc(Br)s2)[nH]n1)c1ccn[nH]1. The molecule has 96 valence electrons. The average molecular weight is 338 g/mol. The Morgan fingerprint density at radius 2 is 2.21 bits per heavy atom. The molecule has 3 rings (SSSR count). The Labute approximate surface area is 120 Å². The minimum absolute atomic E-state index is 0.275. The Bertz CT molecular complexity index is 702. The first-order valence-electron chi connectivity index (χ1n) is 5.34. The Morgan fingerprint density at radius 3 is 2.89 bits per heavy atom. The van der Waals surface area contributed by atoms with Gasteiger partial charge in [0.05, 0.1) is 14.4 Å². The van der Waals surface area contributed by atoms with Gasteiger partial charge in [0.1, 0.15) is 5.69 Å². The summed E-state index contributed by atoms with van der Waals surface area (Å²) in [6, 6.07) is 7.32. The van der Waals surface area contributed by atoms with Crippen LogP contribution in [0.1, 0.15) is 10.5 Å². The van der Waals surface area contributed by atoms with Crippen LogP contribution in [0.5, 0.6) is 0 Å². The van der Waals surface area contributed by atoms with Crippen LogP contribution < -0.4 is 5.32 Å². The summed E-state index contributed by atoms with van der Waals surface area (Å²) in [7, 11) is 0. The number of aromatic amines is 2. The summed E-state index contributed by atoms with van der Waals surface area (Å²) in [5, 5.41) is 15.9. The van der Waals surface area contributed by atoms with Gasteiger partial charge in [-0.05, 0) is 34.1 Å². The van der Waals surface area contributed by atoms with Gasteiger partial charge in [0.2, 0.25) is 0 Å². The van der Waals surface area contributed by atoms with E-state index < -0.39 is 0 Å². The van der Waals surface area contributed by atoms with Crippen molar-refractivity contribution in [3.63, 3.8) is 0 Å². The molecule has 0 radical (unpaired) electrons. The van der Waals surface area contributed by atoms with Crippen molar-refractivity contribution in [1.82, 2.24) is 20.4 Å². The summed E-state index contributed by atoms with van der Waals surface area (Å²) in [4.78, 5) is 12.8. The fourth-order valence-corrected chi connectivity index (χ4v) is 2.89. The number of aromatic nitrogens is 4. The standard InChI is InChI=1S/C11H8BrN5OS/c12-9-2-1-8(19-9)7-5-10(17-16-7)14-11(18)6-3-4-13-15-6/h1-5H,(H,13,15)(H2,14,16,17,18). The number of anilines is 1. The highest BCUT2D eigenvalue weighted by atomic mass is 79.9. The first-order valence-corrected chi connectivity index (χ1v) is 6.95. The quantitative estimate of drug-likeness (QED) is 0.686. The minimum Gasteiger partial charge on any atom is -0.304 e. The van der Waals surface area contributed by atoms with Crippen LogP contribution >= 0.6 is 27.3 Å². The summed E-state index contributed by atoms with van der Waals surface area (Å²) in [5.74, 6) is 0.196. The third-order valence-corrected chi connectivity index (χ3v) is 4.06. The van der Waals surface area contributed by atoms with Gasteiger partial charge in [-0.1, -0.05) is 0 Å². The lowest BCUT2D eigenvalue weighted by molar-refractivity contribution is 0.102. The highest BCUT2D eigenvalue weighted by Crippen LogP contribution is 2.30. The molecule has 0 unspecified atom stereocenters. The third-order valence-electron chi connectivity index (χ3n) is 2.40. The maximum atomic E-state index is 11.8. The van der Waals surface area contributed by atoms with Crippen molar-refractivity contribution in [3.8, 4) is 10.6 Å². The largest absolute Gasteiger partial charge is 0.304 e. The second-order valence-electron chi connectivity index (χ2n) is 3.70. The smallest absolute Gasteiger partial charge is 0.274 e. The summed E-state index contributed by atoms with van der Waals surface area (Å²) < 4.78 is 1.04. The Kier molecular flexibility index (Phi) is 3.18. The van der Waals surface area contributed by atoms with Gasteiger partial charge in [-0.15, -0.1) is 11.3 Å². The number of rotatable bonds is 3. The van der Waals surface area contributed by atoms with Crippen LogP contribution in [0, 0.1) is 0 Å². The van der Waals surface area contributed by atoms with E-state index in [4.69, 9.17) is 0 Å². The maximum absolute atomic E-state index is 11.8. The molecule has 3 aromatic heterocycles. The zero-order valence-corrected chi connectivity index (χ0v) is 11.9. The van der Waals surface area contributed by atoms with E-state index in [1.807, 2.05) is 12.1 Å². The van der Waals surface area contributed by atoms with E-state index in [-0.39, 0.29) is 5.91 Å². The lowest BCUT2D eigenvalue weighted by Crippen LogP contribution is -2.12. The van der Waals surface area contributed by atoms with Crippen molar-refractivity contribution in [3.05, 3.63) is 39.9 Å². The maximum Gasteiger partial charge on any atom is 0.274 e. The molecule has 19 heavy (non-hydrogen) atoms. The number of hydrogen-bond donors (Lipinski definition) is 3. The first-order chi connectivity index (χ1) is 9.22. The van der Waals surface area contributed by atoms with Gasteiger partial charge >= 0.3 is 0 Å². The van der Waals surface area contributed by atoms with Crippen LogP contribution in [0.4, 0.5) is 5.82 Å². The Morgan fingerprint density at radius 1 is 1.32 bits per heavy atom. The molecular weight excluding hydrogens is 330 g/mol. The number of H-pyrrole nitrogens is 2. The molecule has 8 heteroatoms. The van der Waals surface area contributed by atoms with Crippen LogP contribution in [-0.4, -0.2) is 26.3 Å². The predicted octanol–water partition coefficient (Wildman–Crippen LogP) is 2.88. The van der Waals surface area contributed by atoms with E-state index in [0.717, 1.165) is 14.4 Å². The van der Waals surface area contributed by atoms with Crippen LogP contribution in [0.2, 0.25) is 0 Å². The molecule has 6 nitrogen and oxygen atoms in total. The van der Waals surface area contributed by atoms with Gasteiger partial charge in [0.15, 0.2) is 5.82 Å². The molecule has 0 spiro atoms. The van der Waals surface area contributed by atoms with E-state index in [1.165, 1.54) is 6.20 Å². The van der Waals surface area contributed by atoms with E-state index in [0.29, 0.717) is 11.5 Å². The van der Waals surface area contributed by atoms with Gasteiger partial charge in [0.25, 0.3) is 5.91 Å². The predicted molar refractivity (Wildman–Crippen MR) is 76.1 cm³/mol. The number of halogens is 1. The number of amides is 1. The molecule has 0 bridgehead atoms. The van der Waals surface area contributed by atoms with Crippen molar-refractivity contribution in [2.45, 2.75) is 0 Å². The third kappa shape index (κ3) is 2.59. The lowest BCUT2D eigenvalue weighted by Gasteiger charge is -1.97. The molecule has 0 atom stereocenters. The summed E-state index contributed by atoms with van der Waals surface area (Å²) >= 11 is 4.99. The van der Waals surface area contributed by atoms with E-state index in [2.05, 4.69) is 41.6 Å². The number of thiophene rings is 1. The number of nitrogens with zero attached hydrogens (tertiary/aromatic N) is 2. The Hall–Kier alpha value is -1.93. The molecular formula is C11H8BrN5OS. The van der Waals surface area contributed by atoms with Gasteiger partial charge in [-0.2, -0.15) is 10.2 Å².